The zero-order valence-corrected chi connectivity index (χ0v) is 10.4. The number of aromatic nitrogens is 4. The average Bonchev–Trinajstić information content (AvgIpc) is 2.85. The van der Waals surface area contributed by atoms with E-state index >= 15 is 0 Å². The van der Waals surface area contributed by atoms with Gasteiger partial charge in [0, 0.05) is 17.1 Å². The molecule has 2 N–H and O–H groups in total. The minimum absolute atomic E-state index is 0.0833. The first-order valence-electron chi connectivity index (χ1n) is 5.31. The molecule has 2 aromatic rings. The van der Waals surface area contributed by atoms with Crippen molar-refractivity contribution in [3.05, 3.63) is 34.6 Å². The molecule has 0 saturated carbocycles. The molecule has 1 aromatic carbocycles. The van der Waals surface area contributed by atoms with Crippen LogP contribution in [0.3, 0.4) is 0 Å². The van der Waals surface area contributed by atoms with Crippen LogP contribution in [-0.2, 0) is 13.1 Å². The number of H-pyrrole nitrogens is 1. The van der Waals surface area contributed by atoms with E-state index in [0.29, 0.717) is 23.0 Å². The van der Waals surface area contributed by atoms with Gasteiger partial charge in [0.2, 0.25) is 0 Å². The summed E-state index contributed by atoms with van der Waals surface area (Å²) in [5.74, 6) is 0.554. The van der Waals surface area contributed by atoms with Crippen LogP contribution in [0.2, 0.25) is 5.02 Å². The van der Waals surface area contributed by atoms with E-state index in [-0.39, 0.29) is 12.3 Å². The lowest BCUT2D eigenvalue weighted by Gasteiger charge is -2.11. The van der Waals surface area contributed by atoms with Crippen molar-refractivity contribution in [3.8, 4) is 5.75 Å². The Bertz CT molecular complexity index is 523. The topological polar surface area (TPSA) is 75.7 Å². The third-order valence-corrected chi connectivity index (χ3v) is 2.46. The molecule has 1 aromatic heterocycles. The van der Waals surface area contributed by atoms with Gasteiger partial charge in [-0.2, -0.15) is 14.0 Å². The first-order valence-corrected chi connectivity index (χ1v) is 5.69. The second kappa shape index (κ2) is 6.39. The van der Waals surface area contributed by atoms with Crippen LogP contribution in [0.25, 0.3) is 0 Å². The molecule has 6 nitrogen and oxygen atoms in total. The third-order valence-electron chi connectivity index (χ3n) is 2.23. The van der Waals surface area contributed by atoms with Gasteiger partial charge < -0.3 is 10.1 Å². The van der Waals surface area contributed by atoms with E-state index < -0.39 is 6.61 Å². The normalized spacial score (nSPS) is 10.9. The van der Waals surface area contributed by atoms with Gasteiger partial charge in [-0.15, -0.1) is 10.2 Å². The Labute approximate surface area is 112 Å². The van der Waals surface area contributed by atoms with Crippen molar-refractivity contribution in [2.75, 3.05) is 0 Å². The first kappa shape index (κ1) is 13.6. The van der Waals surface area contributed by atoms with Crippen LogP contribution in [0.15, 0.2) is 18.2 Å². The number of aromatic amines is 1. The second-order valence-electron chi connectivity index (χ2n) is 3.56. The molecule has 0 saturated heterocycles. The molecule has 9 heteroatoms. The summed E-state index contributed by atoms with van der Waals surface area (Å²) in [6.07, 6.45) is 0. The first-order chi connectivity index (χ1) is 9.15. The van der Waals surface area contributed by atoms with Crippen molar-refractivity contribution in [1.82, 2.24) is 25.9 Å². The Morgan fingerprint density at radius 3 is 2.89 bits per heavy atom. The summed E-state index contributed by atoms with van der Waals surface area (Å²) in [7, 11) is 0. The van der Waals surface area contributed by atoms with Gasteiger partial charge >= 0.3 is 6.61 Å². The molecule has 0 aliphatic rings. The molecule has 0 aliphatic heterocycles. The number of hydrogen-bond acceptors (Lipinski definition) is 5. The number of tetrazole rings is 1. The smallest absolute Gasteiger partial charge is 0.387 e. The Morgan fingerprint density at radius 1 is 1.37 bits per heavy atom. The molecule has 0 amide bonds. The fraction of sp³-hybridized carbons (Fsp3) is 0.300. The van der Waals surface area contributed by atoms with E-state index in [2.05, 4.69) is 30.7 Å². The maximum absolute atomic E-state index is 12.2. The lowest BCUT2D eigenvalue weighted by atomic mass is 10.2. The highest BCUT2D eigenvalue weighted by Crippen LogP contribution is 2.24. The van der Waals surface area contributed by atoms with Crippen molar-refractivity contribution in [3.63, 3.8) is 0 Å². The van der Waals surface area contributed by atoms with Crippen LogP contribution < -0.4 is 10.1 Å². The fourth-order valence-corrected chi connectivity index (χ4v) is 1.66. The summed E-state index contributed by atoms with van der Waals surface area (Å²) < 4.78 is 28.9. The van der Waals surface area contributed by atoms with Crippen LogP contribution in [0.4, 0.5) is 8.78 Å². The molecule has 0 aliphatic carbocycles. The molecular weight excluding hydrogens is 280 g/mol. The Hall–Kier alpha value is -1.80. The van der Waals surface area contributed by atoms with Crippen LogP contribution in [0, 0.1) is 0 Å². The number of rotatable bonds is 6. The van der Waals surface area contributed by atoms with Gasteiger partial charge in [-0.25, -0.2) is 0 Å². The predicted octanol–water partition coefficient (Wildman–Crippen LogP) is 1.74. The fourth-order valence-electron chi connectivity index (χ4n) is 1.46. The van der Waals surface area contributed by atoms with E-state index in [1.807, 2.05) is 0 Å². The summed E-state index contributed by atoms with van der Waals surface area (Å²) in [4.78, 5) is 0. The standard InChI is InChI=1S/C10H10ClF2N5O/c11-7-1-2-8(19-10(12)13)6(3-7)4-14-5-9-15-17-18-16-9/h1-3,10,14H,4-5H2,(H,15,16,17,18). The lowest BCUT2D eigenvalue weighted by molar-refractivity contribution is -0.0505. The summed E-state index contributed by atoms with van der Waals surface area (Å²) in [6.45, 7) is -2.24. The van der Waals surface area contributed by atoms with Crippen LogP contribution in [-0.4, -0.2) is 27.2 Å². The van der Waals surface area contributed by atoms with Crippen molar-refractivity contribution < 1.29 is 13.5 Å². The summed E-state index contributed by atoms with van der Waals surface area (Å²) in [5.41, 5.74) is 0.524. The molecular formula is C10H10ClF2N5O. The van der Waals surface area contributed by atoms with Gasteiger partial charge in [-0.05, 0) is 18.2 Å². The largest absolute Gasteiger partial charge is 0.434 e. The predicted molar refractivity (Wildman–Crippen MR) is 62.8 cm³/mol. The van der Waals surface area contributed by atoms with E-state index in [4.69, 9.17) is 11.6 Å². The summed E-state index contributed by atoms with van der Waals surface area (Å²) in [5, 5.41) is 16.6. The molecule has 0 unspecified atom stereocenters. The number of benzene rings is 1. The van der Waals surface area contributed by atoms with E-state index in [1.54, 1.807) is 6.07 Å². The van der Waals surface area contributed by atoms with Crippen LogP contribution in [0.5, 0.6) is 5.75 Å². The van der Waals surface area contributed by atoms with Gasteiger partial charge in [0.1, 0.15) is 5.75 Å². The monoisotopic (exact) mass is 289 g/mol. The number of hydrogen-bond donors (Lipinski definition) is 2. The molecule has 0 atom stereocenters. The maximum Gasteiger partial charge on any atom is 0.387 e. The quantitative estimate of drug-likeness (QED) is 0.847. The van der Waals surface area contributed by atoms with Gasteiger partial charge in [0.25, 0.3) is 0 Å². The number of ether oxygens (including phenoxy) is 1. The van der Waals surface area contributed by atoms with E-state index in [1.165, 1.54) is 12.1 Å². The average molecular weight is 290 g/mol. The molecule has 102 valence electrons. The van der Waals surface area contributed by atoms with Crippen molar-refractivity contribution in [2.24, 2.45) is 0 Å². The molecule has 2 rings (SSSR count). The highest BCUT2D eigenvalue weighted by Gasteiger charge is 2.10. The van der Waals surface area contributed by atoms with Gasteiger partial charge in [0.15, 0.2) is 5.82 Å². The molecule has 1 heterocycles. The van der Waals surface area contributed by atoms with Crippen molar-refractivity contribution in [2.45, 2.75) is 19.7 Å². The Morgan fingerprint density at radius 2 is 2.21 bits per heavy atom. The van der Waals surface area contributed by atoms with E-state index in [9.17, 15) is 8.78 Å². The molecule has 19 heavy (non-hydrogen) atoms. The number of halogens is 3. The van der Waals surface area contributed by atoms with E-state index in [0.717, 1.165) is 0 Å². The Kier molecular flexibility index (Phi) is 4.58. The van der Waals surface area contributed by atoms with Gasteiger partial charge in [0.05, 0.1) is 6.54 Å². The van der Waals surface area contributed by atoms with Crippen LogP contribution in [0.1, 0.15) is 11.4 Å². The van der Waals surface area contributed by atoms with Gasteiger partial charge in [-0.3, -0.25) is 0 Å². The highest BCUT2D eigenvalue weighted by atomic mass is 35.5. The number of nitrogens with one attached hydrogen (secondary N) is 2. The second-order valence-corrected chi connectivity index (χ2v) is 4.00. The number of alkyl halides is 2. The Balaban J connectivity index is 1.99. The van der Waals surface area contributed by atoms with Crippen molar-refractivity contribution >= 4 is 11.6 Å². The zero-order chi connectivity index (χ0) is 13.7. The molecule has 0 spiro atoms. The SMILES string of the molecule is FC(F)Oc1ccc(Cl)cc1CNCc1nn[nH]n1. The summed E-state index contributed by atoms with van der Waals surface area (Å²) >= 11 is 5.82. The summed E-state index contributed by atoms with van der Waals surface area (Å²) in [6, 6.07) is 4.45. The highest BCUT2D eigenvalue weighted by molar-refractivity contribution is 6.30. The number of nitrogens with zero attached hydrogens (tertiary/aromatic N) is 3. The third kappa shape index (κ3) is 4.11. The zero-order valence-electron chi connectivity index (χ0n) is 9.61. The van der Waals surface area contributed by atoms with Gasteiger partial charge in [-0.1, -0.05) is 16.8 Å². The minimum Gasteiger partial charge on any atom is -0.434 e. The maximum atomic E-state index is 12.2. The minimum atomic E-state index is -2.88. The molecule has 0 fully saturated rings. The van der Waals surface area contributed by atoms with Crippen LogP contribution >= 0.6 is 11.6 Å². The molecule has 0 radical (unpaired) electrons. The lowest BCUT2D eigenvalue weighted by Crippen LogP contribution is -2.15. The molecule has 0 bridgehead atoms. The van der Waals surface area contributed by atoms with Crippen molar-refractivity contribution in [1.29, 1.82) is 0 Å².